The topological polar surface area (TPSA) is 71.0 Å². The first-order valence-electron chi connectivity index (χ1n) is 11.4. The number of amides is 2. The van der Waals surface area contributed by atoms with Gasteiger partial charge >= 0.3 is 0 Å². The van der Waals surface area contributed by atoms with Crippen molar-refractivity contribution in [2.45, 2.75) is 25.0 Å². The minimum atomic E-state index is -0.600. The van der Waals surface area contributed by atoms with Crippen molar-refractivity contribution >= 4 is 51.7 Å². The number of nitrogens with zero attached hydrogens (tertiary/aromatic N) is 2. The van der Waals surface area contributed by atoms with Crippen molar-refractivity contribution in [3.63, 3.8) is 0 Å². The van der Waals surface area contributed by atoms with E-state index in [-0.39, 0.29) is 18.2 Å². The van der Waals surface area contributed by atoms with E-state index in [9.17, 15) is 9.59 Å². The molecular formula is C27H26ClN3O3S. The minimum absolute atomic E-state index is 0.0933. The number of amidine groups is 1. The molecule has 1 saturated heterocycles. The van der Waals surface area contributed by atoms with E-state index in [1.807, 2.05) is 49.4 Å². The maximum atomic E-state index is 13.2. The molecule has 8 heteroatoms. The van der Waals surface area contributed by atoms with Crippen LogP contribution in [0.2, 0.25) is 5.02 Å². The highest BCUT2D eigenvalue weighted by Crippen LogP contribution is 2.31. The van der Waals surface area contributed by atoms with Crippen LogP contribution in [0, 0.1) is 0 Å². The van der Waals surface area contributed by atoms with Gasteiger partial charge in [-0.3, -0.25) is 14.5 Å². The Hall–Kier alpha value is -3.29. The van der Waals surface area contributed by atoms with E-state index in [2.05, 4.69) is 5.32 Å². The number of thioether (sulfide) groups is 1. The normalized spacial score (nSPS) is 16.9. The third-order valence-electron chi connectivity index (χ3n) is 5.36. The number of benzene rings is 3. The van der Waals surface area contributed by atoms with Gasteiger partial charge in [0.1, 0.15) is 11.0 Å². The number of rotatable bonds is 8. The SMILES string of the molecule is CCOc1cccc(NC(=O)C2CC(=O)N(CCc3ccccc3)C(=Nc3ccc(Cl)cc3)S2)c1. The van der Waals surface area contributed by atoms with Crippen LogP contribution in [-0.2, 0) is 16.0 Å². The summed E-state index contributed by atoms with van der Waals surface area (Å²) in [6.07, 6.45) is 0.782. The lowest BCUT2D eigenvalue weighted by atomic mass is 10.1. The average molecular weight is 508 g/mol. The zero-order valence-electron chi connectivity index (χ0n) is 19.3. The van der Waals surface area contributed by atoms with E-state index < -0.39 is 5.25 Å². The van der Waals surface area contributed by atoms with Gasteiger partial charge in [-0.2, -0.15) is 0 Å². The number of halogens is 1. The maximum absolute atomic E-state index is 13.2. The van der Waals surface area contributed by atoms with Crippen LogP contribution in [0.1, 0.15) is 18.9 Å². The Balaban J connectivity index is 1.53. The van der Waals surface area contributed by atoms with Crippen molar-refractivity contribution in [3.05, 3.63) is 89.4 Å². The molecule has 6 nitrogen and oxygen atoms in total. The molecule has 0 aliphatic carbocycles. The fraction of sp³-hybridized carbons (Fsp3) is 0.222. The van der Waals surface area contributed by atoms with Crippen molar-refractivity contribution in [1.82, 2.24) is 4.90 Å². The van der Waals surface area contributed by atoms with Crippen molar-refractivity contribution in [1.29, 1.82) is 0 Å². The highest BCUT2D eigenvalue weighted by Gasteiger charge is 2.35. The number of hydrogen-bond acceptors (Lipinski definition) is 5. The van der Waals surface area contributed by atoms with Crippen LogP contribution in [0.5, 0.6) is 5.75 Å². The Labute approximate surface area is 214 Å². The van der Waals surface area contributed by atoms with Crippen LogP contribution in [0.25, 0.3) is 0 Å². The molecule has 1 unspecified atom stereocenters. The van der Waals surface area contributed by atoms with Gasteiger partial charge in [0, 0.05) is 29.7 Å². The second-order valence-electron chi connectivity index (χ2n) is 7.91. The molecule has 0 saturated carbocycles. The Bertz CT molecular complexity index is 1200. The van der Waals surface area contributed by atoms with Crippen LogP contribution in [0.3, 0.4) is 0 Å². The predicted molar refractivity (Wildman–Crippen MR) is 143 cm³/mol. The van der Waals surface area contributed by atoms with Gasteiger partial charge in [-0.05, 0) is 55.3 Å². The summed E-state index contributed by atoms with van der Waals surface area (Å²) in [5, 5.41) is 3.42. The van der Waals surface area contributed by atoms with Gasteiger partial charge in [0.25, 0.3) is 0 Å². The van der Waals surface area contributed by atoms with Crippen molar-refractivity contribution in [2.75, 3.05) is 18.5 Å². The van der Waals surface area contributed by atoms with Crippen LogP contribution in [0.4, 0.5) is 11.4 Å². The molecule has 180 valence electrons. The Morgan fingerprint density at radius 3 is 2.63 bits per heavy atom. The Morgan fingerprint density at radius 1 is 1.11 bits per heavy atom. The quantitative estimate of drug-likeness (QED) is 0.409. The van der Waals surface area contributed by atoms with Crippen molar-refractivity contribution in [3.8, 4) is 5.75 Å². The second-order valence-corrected chi connectivity index (χ2v) is 9.52. The van der Waals surface area contributed by atoms with Gasteiger partial charge < -0.3 is 10.1 Å². The molecule has 0 spiro atoms. The van der Waals surface area contributed by atoms with Gasteiger partial charge in [-0.15, -0.1) is 0 Å². The number of hydrogen-bond donors (Lipinski definition) is 1. The van der Waals surface area contributed by atoms with E-state index in [1.165, 1.54) is 11.8 Å². The number of nitrogens with one attached hydrogen (secondary N) is 1. The molecule has 1 heterocycles. The molecular weight excluding hydrogens is 482 g/mol. The molecule has 3 aromatic carbocycles. The van der Waals surface area contributed by atoms with Gasteiger partial charge in [0.15, 0.2) is 5.17 Å². The molecule has 0 bridgehead atoms. The average Bonchev–Trinajstić information content (AvgIpc) is 2.86. The zero-order chi connectivity index (χ0) is 24.6. The van der Waals surface area contributed by atoms with Crippen LogP contribution >= 0.6 is 23.4 Å². The molecule has 1 atom stereocenters. The summed E-state index contributed by atoms with van der Waals surface area (Å²) in [5.74, 6) is 0.300. The molecule has 0 aromatic heterocycles. The number of ether oxygens (including phenoxy) is 1. The molecule has 35 heavy (non-hydrogen) atoms. The van der Waals surface area contributed by atoms with E-state index in [1.54, 1.807) is 41.3 Å². The molecule has 1 aliphatic heterocycles. The van der Waals surface area contributed by atoms with E-state index >= 15 is 0 Å². The summed E-state index contributed by atoms with van der Waals surface area (Å²) in [6.45, 7) is 2.92. The monoisotopic (exact) mass is 507 g/mol. The summed E-state index contributed by atoms with van der Waals surface area (Å²) >= 11 is 7.31. The lowest BCUT2D eigenvalue weighted by Crippen LogP contribution is -2.46. The van der Waals surface area contributed by atoms with Crippen molar-refractivity contribution in [2.24, 2.45) is 4.99 Å². The maximum Gasteiger partial charge on any atom is 0.238 e. The first-order valence-corrected chi connectivity index (χ1v) is 12.7. The molecule has 2 amide bonds. The van der Waals surface area contributed by atoms with E-state index in [0.717, 1.165) is 5.56 Å². The standard InChI is InChI=1S/C27H26ClN3O3S/c1-2-34-23-10-6-9-22(17-23)29-26(33)24-18-25(32)31(16-15-19-7-4-3-5-8-19)27(35-24)30-21-13-11-20(28)12-14-21/h3-14,17,24H,2,15-16,18H2,1H3,(H,29,33). The third-order valence-corrected chi connectivity index (χ3v) is 6.80. The first-order chi connectivity index (χ1) is 17.0. The number of anilines is 1. The summed E-state index contributed by atoms with van der Waals surface area (Å²) < 4.78 is 5.51. The lowest BCUT2D eigenvalue weighted by molar-refractivity contribution is -0.129. The van der Waals surface area contributed by atoms with Crippen LogP contribution < -0.4 is 10.1 Å². The summed E-state index contributed by atoms with van der Waals surface area (Å²) in [6, 6.07) is 24.3. The smallest absolute Gasteiger partial charge is 0.238 e. The third kappa shape index (κ3) is 6.87. The van der Waals surface area contributed by atoms with Gasteiger partial charge in [-0.1, -0.05) is 59.8 Å². The van der Waals surface area contributed by atoms with E-state index in [4.69, 9.17) is 21.3 Å². The Morgan fingerprint density at radius 2 is 1.89 bits per heavy atom. The number of carbonyl (C=O) groups is 2. The van der Waals surface area contributed by atoms with Gasteiger partial charge in [-0.25, -0.2) is 4.99 Å². The molecule has 4 rings (SSSR count). The lowest BCUT2D eigenvalue weighted by Gasteiger charge is -2.32. The molecule has 1 N–H and O–H groups in total. The van der Waals surface area contributed by atoms with Crippen molar-refractivity contribution < 1.29 is 14.3 Å². The second kappa shape index (κ2) is 11.9. The number of carbonyl (C=O) groups excluding carboxylic acids is 2. The minimum Gasteiger partial charge on any atom is -0.494 e. The fourth-order valence-electron chi connectivity index (χ4n) is 3.63. The van der Waals surface area contributed by atoms with Gasteiger partial charge in [0.05, 0.1) is 12.3 Å². The predicted octanol–water partition coefficient (Wildman–Crippen LogP) is 5.94. The molecule has 1 fully saturated rings. The summed E-state index contributed by atoms with van der Waals surface area (Å²) in [7, 11) is 0. The molecule has 3 aromatic rings. The highest BCUT2D eigenvalue weighted by atomic mass is 35.5. The molecule has 1 aliphatic rings. The highest BCUT2D eigenvalue weighted by molar-refractivity contribution is 8.15. The van der Waals surface area contributed by atoms with Crippen LogP contribution in [0.15, 0.2) is 83.9 Å². The summed E-state index contributed by atoms with van der Waals surface area (Å²) in [4.78, 5) is 32.7. The number of aliphatic imine (C=N–C) groups is 1. The zero-order valence-corrected chi connectivity index (χ0v) is 20.9. The summed E-state index contributed by atoms with van der Waals surface area (Å²) in [5.41, 5.74) is 2.42. The largest absolute Gasteiger partial charge is 0.494 e. The Kier molecular flexibility index (Phi) is 8.45. The van der Waals surface area contributed by atoms with Crippen LogP contribution in [-0.4, -0.2) is 40.3 Å². The first kappa shape index (κ1) is 24.8. The van der Waals surface area contributed by atoms with E-state index in [0.29, 0.717) is 46.9 Å². The van der Waals surface area contributed by atoms with Gasteiger partial charge in [0.2, 0.25) is 11.8 Å². The fourth-order valence-corrected chi connectivity index (χ4v) is 4.88. The molecule has 0 radical (unpaired) electrons.